The average Bonchev–Trinajstić information content (AvgIpc) is 2.69. The number of aryl methyl sites for hydroxylation is 1. The van der Waals surface area contributed by atoms with Crippen molar-refractivity contribution in [2.75, 3.05) is 26.7 Å². The first-order valence-electron chi connectivity index (χ1n) is 10.0. The van der Waals surface area contributed by atoms with Crippen molar-refractivity contribution in [1.29, 1.82) is 0 Å². The van der Waals surface area contributed by atoms with Crippen LogP contribution in [0, 0.1) is 6.92 Å². The molecule has 1 fully saturated rings. The van der Waals surface area contributed by atoms with E-state index in [0.29, 0.717) is 12.5 Å². The molecule has 0 aromatic heterocycles. The maximum atomic E-state index is 12.3. The first kappa shape index (κ1) is 21.1. The van der Waals surface area contributed by atoms with E-state index in [1.165, 1.54) is 12.0 Å². The van der Waals surface area contributed by atoms with Crippen molar-refractivity contribution in [3.63, 3.8) is 0 Å². The Balaban J connectivity index is 1.89. The van der Waals surface area contributed by atoms with Gasteiger partial charge in [0.05, 0.1) is 12.6 Å². The van der Waals surface area contributed by atoms with Crippen LogP contribution < -0.4 is 15.4 Å². The minimum atomic E-state index is 0.133. The van der Waals surface area contributed by atoms with Crippen LogP contribution in [0.1, 0.15) is 50.7 Å². The number of likely N-dealkylation sites (tertiary alicyclic amines) is 1. The molecule has 1 unspecified atom stereocenters. The first-order chi connectivity index (χ1) is 13.0. The van der Waals surface area contributed by atoms with Crippen LogP contribution in [-0.4, -0.2) is 49.6 Å². The predicted octanol–water partition coefficient (Wildman–Crippen LogP) is 2.85. The van der Waals surface area contributed by atoms with Crippen LogP contribution in [0.3, 0.4) is 0 Å². The van der Waals surface area contributed by atoms with Crippen molar-refractivity contribution in [2.24, 2.45) is 4.99 Å². The number of nitrogens with one attached hydrogen (secondary N) is 2. The van der Waals surface area contributed by atoms with Gasteiger partial charge in [0.1, 0.15) is 5.75 Å². The number of hydrogen-bond acceptors (Lipinski definition) is 3. The molecule has 1 aromatic rings. The van der Waals surface area contributed by atoms with Gasteiger partial charge in [0, 0.05) is 32.2 Å². The molecule has 1 atom stereocenters. The summed E-state index contributed by atoms with van der Waals surface area (Å²) in [5.74, 6) is 1.65. The van der Waals surface area contributed by atoms with Gasteiger partial charge in [-0.15, -0.1) is 0 Å². The predicted molar refractivity (Wildman–Crippen MR) is 110 cm³/mol. The Morgan fingerprint density at radius 2 is 2.00 bits per heavy atom. The number of aliphatic imine (C=N–C) groups is 1. The lowest BCUT2D eigenvalue weighted by Crippen LogP contribution is -2.45. The van der Waals surface area contributed by atoms with Gasteiger partial charge in [0.15, 0.2) is 5.96 Å². The van der Waals surface area contributed by atoms with E-state index in [0.717, 1.165) is 43.7 Å². The monoisotopic (exact) mass is 374 g/mol. The zero-order valence-corrected chi connectivity index (χ0v) is 17.2. The lowest BCUT2D eigenvalue weighted by Gasteiger charge is -2.27. The van der Waals surface area contributed by atoms with Crippen LogP contribution in [0.5, 0.6) is 5.75 Å². The number of hydrogen-bond donors (Lipinski definition) is 2. The van der Waals surface area contributed by atoms with E-state index in [1.54, 1.807) is 7.05 Å². The van der Waals surface area contributed by atoms with E-state index in [4.69, 9.17) is 4.74 Å². The van der Waals surface area contributed by atoms with E-state index in [9.17, 15) is 4.79 Å². The molecular weight excluding hydrogens is 340 g/mol. The summed E-state index contributed by atoms with van der Waals surface area (Å²) >= 11 is 0. The molecule has 6 nitrogen and oxygen atoms in total. The van der Waals surface area contributed by atoms with Gasteiger partial charge in [-0.1, -0.05) is 19.1 Å². The standard InChI is InChI=1S/C21H34N4O2/c1-5-17(3)27-19-13-16(2)9-10-18(19)14-23-21(22-4)24-15-20(26)25-11-7-6-8-12-25/h9-10,13,17H,5-8,11-12,14-15H2,1-4H3,(H2,22,23,24). The third kappa shape index (κ3) is 6.77. The summed E-state index contributed by atoms with van der Waals surface area (Å²) in [4.78, 5) is 18.5. The highest BCUT2D eigenvalue weighted by atomic mass is 16.5. The Morgan fingerprint density at radius 1 is 1.26 bits per heavy atom. The summed E-state index contributed by atoms with van der Waals surface area (Å²) in [7, 11) is 1.71. The SMILES string of the molecule is CCC(C)Oc1cc(C)ccc1CNC(=NC)NCC(=O)N1CCCCC1. The minimum Gasteiger partial charge on any atom is -0.490 e. The van der Waals surface area contributed by atoms with Gasteiger partial charge >= 0.3 is 0 Å². The van der Waals surface area contributed by atoms with Crippen LogP contribution in [0.2, 0.25) is 0 Å². The van der Waals surface area contributed by atoms with Crippen molar-refractivity contribution >= 4 is 11.9 Å². The van der Waals surface area contributed by atoms with Gasteiger partial charge in [0.2, 0.25) is 5.91 Å². The van der Waals surface area contributed by atoms with Crippen LogP contribution in [-0.2, 0) is 11.3 Å². The Kier molecular flexibility index (Phi) is 8.43. The smallest absolute Gasteiger partial charge is 0.241 e. The number of nitrogens with zero attached hydrogens (tertiary/aromatic N) is 2. The molecule has 1 aliphatic rings. The number of carbonyl (C=O) groups is 1. The van der Waals surface area contributed by atoms with Gasteiger partial charge in [-0.25, -0.2) is 0 Å². The lowest BCUT2D eigenvalue weighted by atomic mass is 10.1. The largest absolute Gasteiger partial charge is 0.490 e. The molecular formula is C21H34N4O2. The van der Waals surface area contributed by atoms with E-state index in [1.807, 2.05) is 4.90 Å². The molecule has 2 rings (SSSR count). The van der Waals surface area contributed by atoms with Crippen molar-refractivity contribution in [3.05, 3.63) is 29.3 Å². The molecule has 0 spiro atoms. The van der Waals surface area contributed by atoms with Crippen LogP contribution in [0.25, 0.3) is 0 Å². The summed E-state index contributed by atoms with van der Waals surface area (Å²) in [6, 6.07) is 6.22. The van der Waals surface area contributed by atoms with E-state index in [-0.39, 0.29) is 18.6 Å². The highest BCUT2D eigenvalue weighted by Crippen LogP contribution is 2.22. The summed E-state index contributed by atoms with van der Waals surface area (Å²) in [6.07, 6.45) is 4.56. The Hall–Kier alpha value is -2.24. The molecule has 0 radical (unpaired) electrons. The van der Waals surface area contributed by atoms with E-state index in [2.05, 4.69) is 54.6 Å². The molecule has 1 aromatic carbocycles. The van der Waals surface area contributed by atoms with Crippen LogP contribution >= 0.6 is 0 Å². The zero-order valence-electron chi connectivity index (χ0n) is 17.2. The fraction of sp³-hybridized carbons (Fsp3) is 0.619. The van der Waals surface area contributed by atoms with Crippen molar-refractivity contribution in [1.82, 2.24) is 15.5 Å². The third-order valence-electron chi connectivity index (χ3n) is 4.91. The molecule has 0 saturated carbocycles. The van der Waals surface area contributed by atoms with Gasteiger partial charge in [0.25, 0.3) is 0 Å². The number of guanidine groups is 1. The molecule has 2 N–H and O–H groups in total. The second-order valence-electron chi connectivity index (χ2n) is 7.17. The molecule has 0 bridgehead atoms. The Bertz CT molecular complexity index is 639. The fourth-order valence-corrected chi connectivity index (χ4v) is 3.03. The topological polar surface area (TPSA) is 66.0 Å². The zero-order chi connectivity index (χ0) is 19.6. The summed E-state index contributed by atoms with van der Waals surface area (Å²) in [5, 5.41) is 6.41. The molecule has 1 heterocycles. The normalized spacial score (nSPS) is 16.0. The highest BCUT2D eigenvalue weighted by Gasteiger charge is 2.16. The molecule has 0 aliphatic carbocycles. The number of rotatable bonds is 7. The third-order valence-corrected chi connectivity index (χ3v) is 4.91. The molecule has 150 valence electrons. The first-order valence-corrected chi connectivity index (χ1v) is 10.0. The van der Waals surface area contributed by atoms with Crippen molar-refractivity contribution in [2.45, 2.75) is 59.1 Å². The maximum absolute atomic E-state index is 12.3. The number of ether oxygens (including phenoxy) is 1. The number of carbonyl (C=O) groups excluding carboxylic acids is 1. The summed E-state index contributed by atoms with van der Waals surface area (Å²) < 4.78 is 6.06. The fourth-order valence-electron chi connectivity index (χ4n) is 3.03. The number of piperidine rings is 1. The number of benzene rings is 1. The molecule has 6 heteroatoms. The van der Waals surface area contributed by atoms with Gasteiger partial charge in [-0.3, -0.25) is 9.79 Å². The van der Waals surface area contributed by atoms with Gasteiger partial charge in [-0.2, -0.15) is 0 Å². The second kappa shape index (κ2) is 10.8. The van der Waals surface area contributed by atoms with E-state index < -0.39 is 0 Å². The second-order valence-corrected chi connectivity index (χ2v) is 7.17. The quantitative estimate of drug-likeness (QED) is 0.569. The van der Waals surface area contributed by atoms with Gasteiger partial charge in [-0.05, 0) is 51.2 Å². The highest BCUT2D eigenvalue weighted by molar-refractivity contribution is 5.86. The Morgan fingerprint density at radius 3 is 2.67 bits per heavy atom. The molecule has 1 saturated heterocycles. The number of amides is 1. The van der Waals surface area contributed by atoms with Crippen LogP contribution in [0.15, 0.2) is 23.2 Å². The molecule has 1 amide bonds. The van der Waals surface area contributed by atoms with E-state index >= 15 is 0 Å². The summed E-state index contributed by atoms with van der Waals surface area (Å²) in [6.45, 7) is 8.84. The van der Waals surface area contributed by atoms with Gasteiger partial charge < -0.3 is 20.3 Å². The molecule has 27 heavy (non-hydrogen) atoms. The molecule has 1 aliphatic heterocycles. The van der Waals surface area contributed by atoms with Crippen molar-refractivity contribution in [3.8, 4) is 5.75 Å². The maximum Gasteiger partial charge on any atom is 0.241 e. The average molecular weight is 375 g/mol. The minimum absolute atomic E-state index is 0.133. The summed E-state index contributed by atoms with van der Waals surface area (Å²) in [5.41, 5.74) is 2.25. The lowest BCUT2D eigenvalue weighted by molar-refractivity contribution is -0.130. The van der Waals surface area contributed by atoms with Crippen LogP contribution in [0.4, 0.5) is 0 Å². The van der Waals surface area contributed by atoms with Crippen molar-refractivity contribution < 1.29 is 9.53 Å². The Labute approximate surface area is 163 Å².